The van der Waals surface area contributed by atoms with Gasteiger partial charge in [0, 0.05) is 10.9 Å². The van der Waals surface area contributed by atoms with Crippen LogP contribution in [0.4, 0.5) is 9.18 Å². The number of rotatable bonds is 7. The largest absolute Gasteiger partial charge is 0.514 e. The van der Waals surface area contributed by atoms with Gasteiger partial charge in [0.25, 0.3) is 0 Å². The summed E-state index contributed by atoms with van der Waals surface area (Å²) in [5.74, 6) is 0.263. The second-order valence-corrected chi connectivity index (χ2v) is 9.55. The first-order chi connectivity index (χ1) is 16.6. The number of hydrogen-bond acceptors (Lipinski definition) is 7. The van der Waals surface area contributed by atoms with Gasteiger partial charge in [-0.1, -0.05) is 12.2 Å². The highest BCUT2D eigenvalue weighted by atomic mass is 32.1. The second-order valence-electron chi connectivity index (χ2n) is 8.72. The Bertz CT molecular complexity index is 1300. The molecule has 0 bridgehead atoms. The van der Waals surface area contributed by atoms with E-state index in [0.29, 0.717) is 22.7 Å². The van der Waals surface area contributed by atoms with E-state index in [1.807, 2.05) is 12.3 Å². The molecule has 7 nitrogen and oxygen atoms in total. The lowest BCUT2D eigenvalue weighted by Gasteiger charge is -2.19. The molecule has 3 rings (SSSR count). The average molecular weight is 498 g/mol. The third-order valence-corrected chi connectivity index (χ3v) is 5.26. The van der Waals surface area contributed by atoms with Crippen molar-refractivity contribution in [3.63, 3.8) is 0 Å². The summed E-state index contributed by atoms with van der Waals surface area (Å²) in [4.78, 5) is 17.3. The van der Waals surface area contributed by atoms with Crippen molar-refractivity contribution < 1.29 is 23.4 Å². The summed E-state index contributed by atoms with van der Waals surface area (Å²) in [6.45, 7) is 11.5. The van der Waals surface area contributed by atoms with Crippen LogP contribution in [0, 0.1) is 5.82 Å². The van der Waals surface area contributed by atoms with Crippen molar-refractivity contribution in [1.82, 2.24) is 4.68 Å². The summed E-state index contributed by atoms with van der Waals surface area (Å²) < 4.78 is 31.0. The molecule has 1 heterocycles. The Morgan fingerprint density at radius 3 is 2.51 bits per heavy atom. The van der Waals surface area contributed by atoms with Crippen LogP contribution in [-0.4, -0.2) is 36.3 Å². The van der Waals surface area contributed by atoms with Crippen LogP contribution in [0.5, 0.6) is 11.5 Å². The first-order valence-electron chi connectivity index (χ1n) is 10.8. The monoisotopic (exact) mass is 497 g/mol. The van der Waals surface area contributed by atoms with Crippen LogP contribution in [0.25, 0.3) is 11.3 Å². The highest BCUT2D eigenvalue weighted by molar-refractivity contribution is 7.07. The van der Waals surface area contributed by atoms with Gasteiger partial charge in [-0.25, -0.2) is 13.9 Å². The van der Waals surface area contributed by atoms with Crippen molar-refractivity contribution >= 4 is 23.7 Å². The molecule has 0 fully saturated rings. The minimum absolute atomic E-state index is 0.228. The van der Waals surface area contributed by atoms with E-state index in [0.717, 1.165) is 16.8 Å². The number of nitrogens with zero attached hydrogens (tertiary/aromatic N) is 3. The third kappa shape index (κ3) is 7.38. The van der Waals surface area contributed by atoms with Crippen LogP contribution in [0.3, 0.4) is 0 Å². The molecule has 1 aromatic heterocycles. The Balaban J connectivity index is 1.94. The lowest BCUT2D eigenvalue weighted by atomic mass is 10.2. The van der Waals surface area contributed by atoms with E-state index in [9.17, 15) is 9.18 Å². The summed E-state index contributed by atoms with van der Waals surface area (Å²) in [6, 6.07) is 11.2. The van der Waals surface area contributed by atoms with Gasteiger partial charge in [-0.3, -0.25) is 4.99 Å². The smallest absolute Gasteiger partial charge is 0.493 e. The molecule has 0 spiro atoms. The summed E-state index contributed by atoms with van der Waals surface area (Å²) in [5.41, 5.74) is 2.51. The molecule has 0 atom stereocenters. The van der Waals surface area contributed by atoms with E-state index in [4.69, 9.17) is 14.2 Å². The molecule has 0 saturated carbocycles. The van der Waals surface area contributed by atoms with Crippen LogP contribution in [-0.2, 0) is 4.74 Å². The fraction of sp³-hybridized carbons (Fsp3) is 0.269. The van der Waals surface area contributed by atoms with E-state index in [1.54, 1.807) is 62.0 Å². The minimum Gasteiger partial charge on any atom is -0.493 e. The number of carbonyl (C=O) groups is 1. The summed E-state index contributed by atoms with van der Waals surface area (Å²) in [6.07, 6.45) is 0.818. The molecule has 0 aliphatic rings. The number of ether oxygens (including phenoxy) is 3. The molecular weight excluding hydrogens is 469 g/mol. The molecule has 0 amide bonds. The first-order valence-corrected chi connectivity index (χ1v) is 11.7. The van der Waals surface area contributed by atoms with Crippen molar-refractivity contribution in [3.8, 4) is 22.8 Å². The molecule has 0 radical (unpaired) electrons. The molecule has 35 heavy (non-hydrogen) atoms. The maximum Gasteiger partial charge on any atom is 0.514 e. The van der Waals surface area contributed by atoms with E-state index < -0.39 is 11.8 Å². The zero-order chi connectivity index (χ0) is 25.6. The molecule has 2 aromatic carbocycles. The van der Waals surface area contributed by atoms with Gasteiger partial charge in [-0.2, -0.15) is 5.10 Å². The fourth-order valence-electron chi connectivity index (χ4n) is 2.87. The van der Waals surface area contributed by atoms with E-state index in [2.05, 4.69) is 16.7 Å². The lowest BCUT2D eigenvalue weighted by molar-refractivity contribution is 0.0201. The van der Waals surface area contributed by atoms with E-state index in [-0.39, 0.29) is 11.6 Å². The number of benzene rings is 2. The second kappa shape index (κ2) is 11.1. The minimum atomic E-state index is -0.821. The number of methoxy groups -OCH3 is 1. The Morgan fingerprint density at radius 2 is 1.89 bits per heavy atom. The number of aromatic nitrogens is 1. The van der Waals surface area contributed by atoms with Gasteiger partial charge >= 0.3 is 6.16 Å². The van der Waals surface area contributed by atoms with E-state index in [1.165, 1.54) is 30.6 Å². The molecule has 0 aliphatic carbocycles. The number of thiazole rings is 1. The first kappa shape index (κ1) is 25.9. The normalized spacial score (nSPS) is 12.1. The van der Waals surface area contributed by atoms with Gasteiger partial charge in [0.05, 0.1) is 25.6 Å². The third-order valence-electron chi connectivity index (χ3n) is 4.40. The number of halogens is 1. The highest BCUT2D eigenvalue weighted by Crippen LogP contribution is 2.28. The summed E-state index contributed by atoms with van der Waals surface area (Å²) >= 11 is 1.43. The summed E-state index contributed by atoms with van der Waals surface area (Å²) in [5, 5.41) is 6.54. The van der Waals surface area contributed by atoms with Crippen molar-refractivity contribution in [2.75, 3.05) is 13.7 Å². The van der Waals surface area contributed by atoms with Gasteiger partial charge in [0.1, 0.15) is 11.4 Å². The Labute approximate surface area is 207 Å². The van der Waals surface area contributed by atoms with Gasteiger partial charge in [-0.15, -0.1) is 11.3 Å². The molecule has 0 saturated heterocycles. The molecule has 9 heteroatoms. The molecule has 3 aromatic rings. The predicted octanol–water partition coefficient (Wildman–Crippen LogP) is 6.04. The Morgan fingerprint density at radius 1 is 1.17 bits per heavy atom. The molecule has 0 unspecified atom stereocenters. The zero-order valence-corrected chi connectivity index (χ0v) is 21.2. The van der Waals surface area contributed by atoms with Crippen molar-refractivity contribution in [3.05, 3.63) is 76.2 Å². The lowest BCUT2D eigenvalue weighted by Crippen LogP contribution is -2.26. The standard InChI is InChI=1S/C26H28FN3O4S/c1-17(2)14-28-24-30(21(16-35-24)19-8-10-20(27)11-9-19)29-15-18-7-12-22(23(13-18)32-6)33-25(31)34-26(3,4)5/h7-13,15-16H,1,14H2,2-6H3. The van der Waals surface area contributed by atoms with Crippen LogP contribution in [0.1, 0.15) is 33.3 Å². The topological polar surface area (TPSA) is 74.4 Å². The Kier molecular flexibility index (Phi) is 8.24. The molecule has 0 aliphatic heterocycles. The molecule has 184 valence electrons. The zero-order valence-electron chi connectivity index (χ0n) is 20.4. The SMILES string of the molecule is C=C(C)CN=c1scc(-c2ccc(F)cc2)n1N=Cc1ccc(OC(=O)OC(C)(C)C)c(OC)c1. The summed E-state index contributed by atoms with van der Waals surface area (Å²) in [7, 11) is 1.48. The average Bonchev–Trinajstić information content (AvgIpc) is 3.18. The fourth-order valence-corrected chi connectivity index (χ4v) is 3.71. The van der Waals surface area contributed by atoms with Crippen LogP contribution >= 0.6 is 11.3 Å². The quantitative estimate of drug-likeness (QED) is 0.173. The van der Waals surface area contributed by atoms with Crippen molar-refractivity contribution in [2.24, 2.45) is 10.1 Å². The van der Waals surface area contributed by atoms with Crippen LogP contribution < -0.4 is 14.3 Å². The Hall–Kier alpha value is -3.72. The maximum atomic E-state index is 13.4. The molecular formula is C26H28FN3O4S. The maximum absolute atomic E-state index is 13.4. The predicted molar refractivity (Wildman–Crippen MR) is 136 cm³/mol. The number of hydrogen-bond donors (Lipinski definition) is 0. The van der Waals surface area contributed by atoms with Gasteiger partial charge in [0.2, 0.25) is 4.80 Å². The molecule has 0 N–H and O–H groups in total. The van der Waals surface area contributed by atoms with Crippen LogP contribution in [0.2, 0.25) is 0 Å². The number of carbonyl (C=O) groups excluding carboxylic acids is 1. The van der Waals surface area contributed by atoms with Gasteiger partial charge in [-0.05, 0) is 75.7 Å². The van der Waals surface area contributed by atoms with Crippen LogP contribution in [0.15, 0.2) is 70.1 Å². The van der Waals surface area contributed by atoms with Crippen molar-refractivity contribution in [2.45, 2.75) is 33.3 Å². The highest BCUT2D eigenvalue weighted by Gasteiger charge is 2.19. The van der Waals surface area contributed by atoms with E-state index >= 15 is 0 Å². The van der Waals surface area contributed by atoms with Gasteiger partial charge < -0.3 is 14.2 Å². The van der Waals surface area contributed by atoms with Gasteiger partial charge in [0.15, 0.2) is 11.5 Å². The van der Waals surface area contributed by atoms with Crippen molar-refractivity contribution in [1.29, 1.82) is 0 Å².